The van der Waals surface area contributed by atoms with Crippen molar-refractivity contribution in [2.75, 3.05) is 7.05 Å². The molecule has 5 heteroatoms. The van der Waals surface area contributed by atoms with Crippen molar-refractivity contribution in [1.82, 2.24) is 4.90 Å². The van der Waals surface area contributed by atoms with Crippen molar-refractivity contribution in [3.8, 4) is 0 Å². The summed E-state index contributed by atoms with van der Waals surface area (Å²) < 4.78 is 14.1. The van der Waals surface area contributed by atoms with E-state index in [9.17, 15) is 14.0 Å². The highest BCUT2D eigenvalue weighted by atomic mass is 79.9. The number of amides is 2. The zero-order valence-electron chi connectivity index (χ0n) is 8.54. The Morgan fingerprint density at radius 3 is 2.69 bits per heavy atom. The van der Waals surface area contributed by atoms with Crippen molar-refractivity contribution >= 4 is 27.7 Å². The molecule has 1 heterocycles. The maximum atomic E-state index is 13.8. The second-order valence-corrected chi connectivity index (χ2v) is 4.55. The van der Waals surface area contributed by atoms with Crippen LogP contribution in [0.5, 0.6) is 0 Å². The monoisotopic (exact) mass is 285 g/mol. The van der Waals surface area contributed by atoms with Gasteiger partial charge in [0.25, 0.3) is 0 Å². The molecule has 0 radical (unpaired) electrons. The number of nitrogens with zero attached hydrogens (tertiary/aromatic N) is 1. The van der Waals surface area contributed by atoms with E-state index in [4.69, 9.17) is 0 Å². The van der Waals surface area contributed by atoms with Crippen molar-refractivity contribution < 1.29 is 14.0 Å². The SMILES string of the molecule is CN1C(=O)CC(c2cccc(Br)c2F)C1=O. The van der Waals surface area contributed by atoms with Gasteiger partial charge in [0, 0.05) is 19.0 Å². The van der Waals surface area contributed by atoms with Crippen molar-refractivity contribution in [3.63, 3.8) is 0 Å². The Hall–Kier alpha value is -1.23. The zero-order chi connectivity index (χ0) is 11.9. The minimum Gasteiger partial charge on any atom is -0.285 e. The number of carbonyl (C=O) groups excluding carboxylic acids is 2. The lowest BCUT2D eigenvalue weighted by Gasteiger charge is -2.10. The molecule has 1 atom stereocenters. The highest BCUT2D eigenvalue weighted by Gasteiger charge is 2.38. The first-order chi connectivity index (χ1) is 7.52. The highest BCUT2D eigenvalue weighted by molar-refractivity contribution is 9.10. The Bertz CT molecular complexity index is 475. The minimum absolute atomic E-state index is 0.0444. The molecule has 1 aromatic carbocycles. The molecule has 1 fully saturated rings. The van der Waals surface area contributed by atoms with E-state index < -0.39 is 11.7 Å². The van der Waals surface area contributed by atoms with Crippen LogP contribution in [0.25, 0.3) is 0 Å². The second kappa shape index (κ2) is 3.97. The van der Waals surface area contributed by atoms with Crippen LogP contribution in [0.15, 0.2) is 22.7 Å². The maximum absolute atomic E-state index is 13.8. The first-order valence-electron chi connectivity index (χ1n) is 4.76. The predicted octanol–water partition coefficient (Wildman–Crippen LogP) is 2.06. The summed E-state index contributed by atoms with van der Waals surface area (Å²) in [5, 5.41) is 0. The predicted molar refractivity (Wildman–Crippen MR) is 59.2 cm³/mol. The van der Waals surface area contributed by atoms with Crippen molar-refractivity contribution in [2.45, 2.75) is 12.3 Å². The van der Waals surface area contributed by atoms with Crippen molar-refractivity contribution in [3.05, 3.63) is 34.1 Å². The lowest BCUT2D eigenvalue weighted by molar-refractivity contribution is -0.137. The summed E-state index contributed by atoms with van der Waals surface area (Å²) in [5.41, 5.74) is 0.275. The summed E-state index contributed by atoms with van der Waals surface area (Å²) in [7, 11) is 1.42. The Morgan fingerprint density at radius 1 is 1.44 bits per heavy atom. The second-order valence-electron chi connectivity index (χ2n) is 3.69. The van der Waals surface area contributed by atoms with Gasteiger partial charge in [0.1, 0.15) is 5.82 Å². The van der Waals surface area contributed by atoms with Crippen LogP contribution in [0.2, 0.25) is 0 Å². The van der Waals surface area contributed by atoms with Crippen LogP contribution in [0.3, 0.4) is 0 Å². The van der Waals surface area contributed by atoms with Gasteiger partial charge in [-0.15, -0.1) is 0 Å². The molecule has 2 amide bonds. The standard InChI is InChI=1S/C11H9BrFNO2/c1-14-9(15)5-7(11(14)16)6-3-2-4-8(12)10(6)13/h2-4,7H,5H2,1H3. The normalized spacial score (nSPS) is 20.7. The lowest BCUT2D eigenvalue weighted by atomic mass is 9.97. The van der Waals surface area contributed by atoms with E-state index in [-0.39, 0.29) is 23.8 Å². The molecule has 0 spiro atoms. The molecular formula is C11H9BrFNO2. The molecule has 0 bridgehead atoms. The van der Waals surface area contributed by atoms with Crippen LogP contribution in [0.4, 0.5) is 4.39 Å². The van der Waals surface area contributed by atoms with Crippen molar-refractivity contribution in [1.29, 1.82) is 0 Å². The Labute approximate surface area is 100 Å². The molecule has 84 valence electrons. The summed E-state index contributed by atoms with van der Waals surface area (Å²) in [4.78, 5) is 24.1. The number of hydrogen-bond donors (Lipinski definition) is 0. The van der Waals surface area contributed by atoms with Crippen LogP contribution in [0, 0.1) is 5.82 Å². The van der Waals surface area contributed by atoms with Gasteiger partial charge in [0.2, 0.25) is 11.8 Å². The Balaban J connectivity index is 2.43. The number of likely N-dealkylation sites (N-methyl/N-ethyl adjacent to an activating group) is 1. The number of halogens is 2. The van der Waals surface area contributed by atoms with Crippen molar-refractivity contribution in [2.24, 2.45) is 0 Å². The Kier molecular flexibility index (Phi) is 2.80. The van der Waals surface area contributed by atoms with Gasteiger partial charge >= 0.3 is 0 Å². The zero-order valence-corrected chi connectivity index (χ0v) is 10.1. The molecule has 0 aromatic heterocycles. The third-order valence-corrected chi connectivity index (χ3v) is 3.35. The average Bonchev–Trinajstić information content (AvgIpc) is 2.50. The number of benzene rings is 1. The fraction of sp³-hybridized carbons (Fsp3) is 0.273. The molecule has 0 N–H and O–H groups in total. The molecule has 1 aliphatic rings. The van der Waals surface area contributed by atoms with Gasteiger partial charge in [-0.2, -0.15) is 0 Å². The lowest BCUT2D eigenvalue weighted by Crippen LogP contribution is -2.25. The number of imide groups is 1. The molecule has 1 aliphatic heterocycles. The van der Waals surface area contributed by atoms with Crippen LogP contribution in [-0.2, 0) is 9.59 Å². The van der Waals surface area contributed by atoms with Gasteiger partial charge in [0.15, 0.2) is 0 Å². The summed E-state index contributed by atoms with van der Waals surface area (Å²) in [6, 6.07) is 4.75. The maximum Gasteiger partial charge on any atom is 0.237 e. The average molecular weight is 286 g/mol. The largest absolute Gasteiger partial charge is 0.285 e. The number of hydrogen-bond acceptors (Lipinski definition) is 2. The van der Waals surface area contributed by atoms with E-state index in [0.717, 1.165) is 4.90 Å². The van der Waals surface area contributed by atoms with Crippen LogP contribution < -0.4 is 0 Å². The third-order valence-electron chi connectivity index (χ3n) is 2.74. The summed E-state index contributed by atoms with van der Waals surface area (Å²) in [6.07, 6.45) is 0.0444. The molecular weight excluding hydrogens is 277 g/mol. The number of rotatable bonds is 1. The van der Waals surface area contributed by atoms with Crippen LogP contribution in [-0.4, -0.2) is 23.8 Å². The molecule has 16 heavy (non-hydrogen) atoms. The number of carbonyl (C=O) groups is 2. The van der Waals surface area contributed by atoms with E-state index in [0.29, 0.717) is 4.47 Å². The fourth-order valence-electron chi connectivity index (χ4n) is 1.79. The molecule has 0 saturated carbocycles. The van der Waals surface area contributed by atoms with E-state index in [1.165, 1.54) is 13.1 Å². The van der Waals surface area contributed by atoms with Gasteiger partial charge in [-0.25, -0.2) is 4.39 Å². The molecule has 2 rings (SSSR count). The van der Waals surface area contributed by atoms with Gasteiger partial charge in [0.05, 0.1) is 10.4 Å². The molecule has 1 unspecified atom stereocenters. The van der Waals surface area contributed by atoms with E-state index >= 15 is 0 Å². The summed E-state index contributed by atoms with van der Waals surface area (Å²) >= 11 is 3.06. The summed E-state index contributed by atoms with van der Waals surface area (Å²) in [6.45, 7) is 0. The highest BCUT2D eigenvalue weighted by Crippen LogP contribution is 2.32. The quantitative estimate of drug-likeness (QED) is 0.741. The van der Waals surface area contributed by atoms with Gasteiger partial charge in [-0.1, -0.05) is 12.1 Å². The van der Waals surface area contributed by atoms with Gasteiger partial charge < -0.3 is 0 Å². The van der Waals surface area contributed by atoms with E-state index in [1.807, 2.05) is 0 Å². The molecule has 1 aromatic rings. The smallest absolute Gasteiger partial charge is 0.237 e. The van der Waals surface area contributed by atoms with E-state index in [1.54, 1.807) is 12.1 Å². The first kappa shape index (κ1) is 11.3. The molecule has 3 nitrogen and oxygen atoms in total. The Morgan fingerprint density at radius 2 is 2.12 bits per heavy atom. The topological polar surface area (TPSA) is 37.4 Å². The first-order valence-corrected chi connectivity index (χ1v) is 5.56. The van der Waals surface area contributed by atoms with E-state index in [2.05, 4.69) is 15.9 Å². The third kappa shape index (κ3) is 1.65. The number of likely N-dealkylation sites (tertiary alicyclic amines) is 1. The summed E-state index contributed by atoms with van der Waals surface area (Å²) in [5.74, 6) is -1.77. The van der Waals surface area contributed by atoms with Gasteiger partial charge in [-0.05, 0) is 22.0 Å². The minimum atomic E-state index is -0.685. The van der Waals surface area contributed by atoms with Crippen LogP contribution in [0.1, 0.15) is 17.9 Å². The molecule has 1 saturated heterocycles. The van der Waals surface area contributed by atoms with Crippen LogP contribution >= 0.6 is 15.9 Å². The molecule has 0 aliphatic carbocycles. The van der Waals surface area contributed by atoms with Gasteiger partial charge in [-0.3, -0.25) is 14.5 Å². The fourth-order valence-corrected chi connectivity index (χ4v) is 2.17.